The highest BCUT2D eigenvalue weighted by Crippen LogP contribution is 2.32. The van der Waals surface area contributed by atoms with Crippen molar-refractivity contribution in [3.63, 3.8) is 0 Å². The average molecular weight is 436 g/mol. The van der Waals surface area contributed by atoms with Gasteiger partial charge < -0.3 is 19.7 Å². The molecular weight excluding hydrogens is 406 g/mol. The van der Waals surface area contributed by atoms with E-state index in [1.165, 1.54) is 11.4 Å². The van der Waals surface area contributed by atoms with Crippen LogP contribution in [0.2, 0.25) is 0 Å². The van der Waals surface area contributed by atoms with Crippen molar-refractivity contribution in [3.8, 4) is 0 Å². The minimum absolute atomic E-state index is 0.0929. The molecule has 0 aromatic heterocycles. The third kappa shape index (κ3) is 4.74. The highest BCUT2D eigenvalue weighted by molar-refractivity contribution is 7.89. The van der Waals surface area contributed by atoms with Crippen molar-refractivity contribution in [2.24, 2.45) is 0 Å². The molecule has 6 atom stereocenters. The van der Waals surface area contributed by atoms with E-state index >= 15 is 0 Å². The number of hydrogen-bond acceptors (Lipinski definition) is 6. The smallest absolute Gasteiger partial charge is 0.243 e. The second kappa shape index (κ2) is 9.55. The van der Waals surface area contributed by atoms with Crippen LogP contribution < -0.4 is 0 Å². The Bertz CT molecular complexity index is 895. The summed E-state index contributed by atoms with van der Waals surface area (Å²) in [7, 11) is -2.45. The molecule has 3 rings (SSSR count). The average Bonchev–Trinajstić information content (AvgIpc) is 2.72. The fraction of sp³-hybridized carbons (Fsp3) is 0.455. The first-order valence-electron chi connectivity index (χ1n) is 9.90. The first-order chi connectivity index (χ1) is 14.3. The highest BCUT2D eigenvalue weighted by atomic mass is 32.2. The van der Waals surface area contributed by atoms with Gasteiger partial charge in [-0.05, 0) is 38.0 Å². The summed E-state index contributed by atoms with van der Waals surface area (Å²) in [4.78, 5) is 0.148. The van der Waals surface area contributed by atoms with E-state index in [4.69, 9.17) is 9.47 Å². The van der Waals surface area contributed by atoms with E-state index < -0.39 is 46.7 Å². The van der Waals surface area contributed by atoms with Gasteiger partial charge in [0.2, 0.25) is 10.0 Å². The Balaban J connectivity index is 1.98. The van der Waals surface area contributed by atoms with Crippen LogP contribution in [0.25, 0.3) is 0 Å². The molecule has 7 nitrogen and oxygen atoms in total. The topological polar surface area (TPSA) is 96.3 Å². The van der Waals surface area contributed by atoms with Gasteiger partial charge in [0.25, 0.3) is 0 Å². The summed E-state index contributed by atoms with van der Waals surface area (Å²) in [6.45, 7) is 5.62. The second-order valence-electron chi connectivity index (χ2n) is 7.57. The van der Waals surface area contributed by atoms with E-state index in [-0.39, 0.29) is 11.3 Å². The Morgan fingerprint density at radius 3 is 2.43 bits per heavy atom. The molecule has 1 aromatic rings. The molecule has 8 heteroatoms. The number of hydrogen-bond donors (Lipinski definition) is 2. The van der Waals surface area contributed by atoms with E-state index in [2.05, 4.69) is 6.58 Å². The predicted octanol–water partition coefficient (Wildman–Crippen LogP) is 1.91. The Labute approximate surface area is 178 Å². The van der Waals surface area contributed by atoms with Gasteiger partial charge in [0, 0.05) is 13.2 Å². The normalized spacial score (nSPS) is 32.3. The maximum Gasteiger partial charge on any atom is 0.243 e. The van der Waals surface area contributed by atoms with Gasteiger partial charge in [0.1, 0.15) is 0 Å². The van der Waals surface area contributed by atoms with Crippen molar-refractivity contribution in [3.05, 3.63) is 66.8 Å². The van der Waals surface area contributed by atoms with Crippen LogP contribution in [0.15, 0.2) is 66.1 Å². The van der Waals surface area contributed by atoms with Gasteiger partial charge in [-0.15, -0.1) is 6.58 Å². The summed E-state index contributed by atoms with van der Waals surface area (Å²) in [6, 6.07) is 5.28. The lowest BCUT2D eigenvalue weighted by Crippen LogP contribution is -2.56. The van der Waals surface area contributed by atoms with Gasteiger partial charge in [-0.2, -0.15) is 4.31 Å². The van der Waals surface area contributed by atoms with Crippen LogP contribution in [0.4, 0.5) is 0 Å². The molecule has 30 heavy (non-hydrogen) atoms. The minimum atomic E-state index is -3.93. The van der Waals surface area contributed by atoms with Crippen molar-refractivity contribution < 1.29 is 28.1 Å². The van der Waals surface area contributed by atoms with Crippen LogP contribution in [0.1, 0.15) is 18.4 Å². The molecule has 0 saturated carbocycles. The van der Waals surface area contributed by atoms with Crippen molar-refractivity contribution in [2.45, 2.75) is 61.3 Å². The summed E-state index contributed by atoms with van der Waals surface area (Å²) in [5, 5.41) is 21.1. The van der Waals surface area contributed by atoms with E-state index in [1.54, 1.807) is 54.6 Å². The van der Waals surface area contributed by atoms with Crippen LogP contribution in [0.5, 0.6) is 0 Å². The van der Waals surface area contributed by atoms with Gasteiger partial charge in [0.05, 0.1) is 29.2 Å². The fourth-order valence-corrected chi connectivity index (χ4v) is 5.63. The van der Waals surface area contributed by atoms with E-state index in [0.717, 1.165) is 5.56 Å². The Kier molecular flexibility index (Phi) is 7.28. The molecule has 0 unspecified atom stereocenters. The minimum Gasteiger partial charge on any atom is -0.387 e. The summed E-state index contributed by atoms with van der Waals surface area (Å²) in [6.07, 6.45) is 5.22. The number of ether oxygens (including phenoxy) is 2. The van der Waals surface area contributed by atoms with Gasteiger partial charge in [-0.1, -0.05) is 42.0 Å². The number of benzene rings is 1. The second-order valence-corrected chi connectivity index (χ2v) is 9.42. The number of nitrogens with zero attached hydrogens (tertiary/aromatic N) is 1. The van der Waals surface area contributed by atoms with Gasteiger partial charge >= 0.3 is 0 Å². The maximum absolute atomic E-state index is 13.6. The zero-order valence-electron chi connectivity index (χ0n) is 17.2. The van der Waals surface area contributed by atoms with Crippen molar-refractivity contribution in [1.29, 1.82) is 0 Å². The molecule has 0 spiro atoms. The third-order valence-corrected chi connectivity index (χ3v) is 7.41. The lowest BCUT2D eigenvalue weighted by Gasteiger charge is -2.42. The molecule has 0 amide bonds. The molecule has 2 N–H and O–H groups in total. The lowest BCUT2D eigenvalue weighted by molar-refractivity contribution is -0.165. The van der Waals surface area contributed by atoms with Crippen molar-refractivity contribution in [1.82, 2.24) is 4.31 Å². The quantitative estimate of drug-likeness (QED) is 0.635. The molecule has 0 bridgehead atoms. The summed E-state index contributed by atoms with van der Waals surface area (Å²) in [5.74, 6) is 0. The third-order valence-electron chi connectivity index (χ3n) is 5.44. The molecule has 2 aliphatic heterocycles. The number of methoxy groups -OCH3 is 1. The number of aliphatic hydroxyl groups excluding tert-OH is 2. The van der Waals surface area contributed by atoms with Crippen LogP contribution in [-0.4, -0.2) is 66.7 Å². The van der Waals surface area contributed by atoms with Crippen LogP contribution in [0, 0.1) is 6.92 Å². The Hall–Kier alpha value is -1.81. The molecule has 2 aliphatic rings. The largest absolute Gasteiger partial charge is 0.387 e. The number of aliphatic hydroxyl groups is 2. The van der Waals surface area contributed by atoms with Crippen molar-refractivity contribution in [2.75, 3.05) is 7.11 Å². The predicted molar refractivity (Wildman–Crippen MR) is 113 cm³/mol. The fourth-order valence-electron chi connectivity index (χ4n) is 3.83. The van der Waals surface area contributed by atoms with Crippen LogP contribution in [-0.2, 0) is 19.5 Å². The number of rotatable bonds is 7. The molecular formula is C22H29NO6S. The Morgan fingerprint density at radius 2 is 1.80 bits per heavy atom. The molecule has 0 radical (unpaired) electrons. The first kappa shape index (κ1) is 22.9. The van der Waals surface area contributed by atoms with E-state index in [1.807, 2.05) is 6.92 Å². The summed E-state index contributed by atoms with van der Waals surface area (Å²) in [5.41, 5.74) is 0.947. The molecule has 1 aromatic carbocycles. The van der Waals surface area contributed by atoms with Crippen LogP contribution >= 0.6 is 0 Å². The van der Waals surface area contributed by atoms with E-state index in [0.29, 0.717) is 6.42 Å². The summed E-state index contributed by atoms with van der Waals surface area (Å²) < 4.78 is 39.4. The number of aryl methyl sites for hydroxylation is 1. The van der Waals surface area contributed by atoms with Crippen molar-refractivity contribution >= 4 is 10.0 Å². The standard InChI is InChI=1S/C22H29NO6S/c1-4-5-16-8-11-19(24)18(14-21-20(25)12-13-22(28-3)29-21)23(16)30(26,27)17-9-6-15(2)7-10-17/h4,6-13,16,18-22,24-25H,1,5,14H2,2-3H3/t16-,18+,19+,20+,21-,22+/m0/s1. The molecule has 0 fully saturated rings. The van der Waals surface area contributed by atoms with Gasteiger partial charge in [0.15, 0.2) is 6.29 Å². The summed E-state index contributed by atoms with van der Waals surface area (Å²) >= 11 is 0. The first-order valence-corrected chi connectivity index (χ1v) is 11.3. The monoisotopic (exact) mass is 435 g/mol. The molecule has 0 aliphatic carbocycles. The lowest BCUT2D eigenvalue weighted by atomic mass is 9.94. The SMILES string of the molecule is C=CC[C@H]1C=C[C@@H](O)[C@@H](C[C@@H]2O[C@@H](OC)C=C[C@H]2O)N1S(=O)(=O)c1ccc(C)cc1. The maximum atomic E-state index is 13.6. The van der Waals surface area contributed by atoms with Crippen LogP contribution in [0.3, 0.4) is 0 Å². The zero-order chi connectivity index (χ0) is 21.9. The molecule has 2 heterocycles. The molecule has 0 saturated heterocycles. The highest BCUT2D eigenvalue weighted by Gasteiger charge is 2.43. The Morgan fingerprint density at radius 1 is 1.13 bits per heavy atom. The van der Waals surface area contributed by atoms with E-state index in [9.17, 15) is 18.6 Å². The number of sulfonamides is 1. The van der Waals surface area contributed by atoms with Gasteiger partial charge in [-0.3, -0.25) is 0 Å². The zero-order valence-corrected chi connectivity index (χ0v) is 18.0. The van der Waals surface area contributed by atoms with Gasteiger partial charge in [-0.25, -0.2) is 8.42 Å². The molecule has 164 valence electrons.